The van der Waals surface area contributed by atoms with Gasteiger partial charge in [0.2, 0.25) is 0 Å². The molecule has 19 heavy (non-hydrogen) atoms. The van der Waals surface area contributed by atoms with Crippen LogP contribution in [0.4, 0.5) is 10.8 Å². The molecule has 2 heterocycles. The molecule has 7 heteroatoms. The van der Waals surface area contributed by atoms with E-state index in [2.05, 4.69) is 9.27 Å². The van der Waals surface area contributed by atoms with E-state index in [1.54, 1.807) is 0 Å². The van der Waals surface area contributed by atoms with E-state index in [-0.39, 0.29) is 10.7 Å². The second-order valence-corrected chi connectivity index (χ2v) is 8.27. The lowest BCUT2D eigenvalue weighted by atomic mass is 9.92. The van der Waals surface area contributed by atoms with Gasteiger partial charge in [-0.05, 0) is 43.1 Å². The molecule has 2 fully saturated rings. The van der Waals surface area contributed by atoms with Crippen LogP contribution in [0.5, 0.6) is 0 Å². The number of sulfone groups is 1. The van der Waals surface area contributed by atoms with Gasteiger partial charge in [-0.15, -0.1) is 0 Å². The van der Waals surface area contributed by atoms with E-state index in [0.717, 1.165) is 24.4 Å². The molecule has 2 unspecified atom stereocenters. The van der Waals surface area contributed by atoms with Crippen LogP contribution in [0.2, 0.25) is 0 Å². The molecule has 2 aliphatic rings. The highest BCUT2D eigenvalue weighted by Crippen LogP contribution is 2.43. The van der Waals surface area contributed by atoms with Gasteiger partial charge in [0, 0.05) is 18.8 Å². The fraction of sp³-hybridized carbons (Fsp3) is 0.750. The van der Waals surface area contributed by atoms with E-state index in [0.29, 0.717) is 12.0 Å². The summed E-state index contributed by atoms with van der Waals surface area (Å²) in [4.78, 5) is 2.50. The summed E-state index contributed by atoms with van der Waals surface area (Å²) in [6.07, 6.45) is 7.28. The molecule has 0 aromatic carbocycles. The number of rotatable bonds is 2. The normalized spacial score (nSPS) is 27.5. The predicted octanol–water partition coefficient (Wildman–Crippen LogP) is 1.90. The number of hydrogen-bond donors (Lipinski definition) is 1. The van der Waals surface area contributed by atoms with Crippen LogP contribution in [0, 0.1) is 5.92 Å². The summed E-state index contributed by atoms with van der Waals surface area (Å²) < 4.78 is 27.9. The molecule has 5 nitrogen and oxygen atoms in total. The quantitative estimate of drug-likeness (QED) is 0.903. The van der Waals surface area contributed by atoms with Crippen molar-refractivity contribution in [1.82, 2.24) is 4.37 Å². The van der Waals surface area contributed by atoms with Crippen LogP contribution in [-0.2, 0) is 9.84 Å². The Labute approximate surface area is 117 Å². The molecule has 2 atom stereocenters. The molecule has 1 aromatic heterocycles. The first kappa shape index (κ1) is 13.2. The van der Waals surface area contributed by atoms with E-state index >= 15 is 0 Å². The SMILES string of the molecule is CS(=O)(=O)c1c(N)nsc1N1CCCC2CCCC21. The molecule has 2 N–H and O–H groups in total. The smallest absolute Gasteiger partial charge is 0.182 e. The van der Waals surface area contributed by atoms with Crippen LogP contribution in [0.3, 0.4) is 0 Å². The second-order valence-electron chi connectivity index (χ2n) is 5.57. The summed E-state index contributed by atoms with van der Waals surface area (Å²) in [7, 11) is -3.32. The monoisotopic (exact) mass is 301 g/mol. The Bertz CT molecular complexity index is 582. The van der Waals surface area contributed by atoms with Crippen molar-refractivity contribution in [2.45, 2.75) is 43.0 Å². The van der Waals surface area contributed by atoms with Crippen molar-refractivity contribution < 1.29 is 8.42 Å². The van der Waals surface area contributed by atoms with Gasteiger partial charge in [-0.2, -0.15) is 4.37 Å². The lowest BCUT2D eigenvalue weighted by molar-refractivity contribution is 0.363. The van der Waals surface area contributed by atoms with Crippen molar-refractivity contribution in [3.8, 4) is 0 Å². The molecule has 1 aliphatic carbocycles. The van der Waals surface area contributed by atoms with Gasteiger partial charge in [-0.25, -0.2) is 8.42 Å². The second kappa shape index (κ2) is 4.63. The van der Waals surface area contributed by atoms with Crippen LogP contribution in [-0.4, -0.2) is 31.6 Å². The average Bonchev–Trinajstić information content (AvgIpc) is 2.93. The molecule has 0 spiro atoms. The highest BCUT2D eigenvalue weighted by atomic mass is 32.2. The van der Waals surface area contributed by atoms with E-state index in [1.807, 2.05) is 0 Å². The van der Waals surface area contributed by atoms with E-state index in [1.165, 1.54) is 37.1 Å². The number of nitrogens with zero attached hydrogens (tertiary/aromatic N) is 2. The predicted molar refractivity (Wildman–Crippen MR) is 77.3 cm³/mol. The molecule has 0 bridgehead atoms. The molecular formula is C12H19N3O2S2. The lowest BCUT2D eigenvalue weighted by Gasteiger charge is -2.38. The van der Waals surface area contributed by atoms with Gasteiger partial charge in [0.05, 0.1) is 0 Å². The van der Waals surface area contributed by atoms with Crippen LogP contribution in [0.1, 0.15) is 32.1 Å². The minimum atomic E-state index is -3.32. The van der Waals surface area contributed by atoms with E-state index < -0.39 is 9.84 Å². The zero-order valence-corrected chi connectivity index (χ0v) is 12.6. The molecule has 1 aromatic rings. The van der Waals surface area contributed by atoms with Gasteiger partial charge in [0.15, 0.2) is 15.7 Å². The van der Waals surface area contributed by atoms with Crippen molar-refractivity contribution in [3.05, 3.63) is 0 Å². The maximum Gasteiger partial charge on any atom is 0.182 e. The zero-order chi connectivity index (χ0) is 13.6. The third kappa shape index (κ3) is 2.23. The molecular weight excluding hydrogens is 282 g/mol. The summed E-state index contributed by atoms with van der Waals surface area (Å²) in [5.41, 5.74) is 5.76. The van der Waals surface area contributed by atoms with Gasteiger partial charge in [-0.3, -0.25) is 0 Å². The Kier molecular flexibility index (Phi) is 3.21. The molecule has 0 radical (unpaired) electrons. The fourth-order valence-corrected chi connectivity index (χ4v) is 5.80. The summed E-state index contributed by atoms with van der Waals surface area (Å²) in [5.74, 6) is 0.868. The maximum atomic E-state index is 11.9. The minimum Gasteiger partial charge on any atom is -0.382 e. The van der Waals surface area contributed by atoms with Crippen molar-refractivity contribution in [2.24, 2.45) is 5.92 Å². The van der Waals surface area contributed by atoms with Crippen molar-refractivity contribution in [2.75, 3.05) is 23.4 Å². The zero-order valence-electron chi connectivity index (χ0n) is 11.0. The lowest BCUT2D eigenvalue weighted by Crippen LogP contribution is -2.42. The van der Waals surface area contributed by atoms with Crippen molar-refractivity contribution >= 4 is 32.2 Å². The van der Waals surface area contributed by atoms with Gasteiger partial charge in [0.1, 0.15) is 9.90 Å². The van der Waals surface area contributed by atoms with Crippen molar-refractivity contribution in [1.29, 1.82) is 0 Å². The number of anilines is 2. The number of piperidine rings is 1. The summed E-state index contributed by atoms with van der Waals surface area (Å²) in [6, 6.07) is 0.481. The topological polar surface area (TPSA) is 76.3 Å². The van der Waals surface area contributed by atoms with Crippen LogP contribution in [0.15, 0.2) is 4.90 Å². The Hall–Kier alpha value is -0.820. The summed E-state index contributed by atoms with van der Waals surface area (Å²) >= 11 is 1.23. The molecule has 106 valence electrons. The van der Waals surface area contributed by atoms with Crippen LogP contribution in [0.25, 0.3) is 0 Å². The first-order valence-electron chi connectivity index (χ1n) is 6.70. The Morgan fingerprint density at radius 2 is 2.05 bits per heavy atom. The van der Waals surface area contributed by atoms with Gasteiger partial charge in [-0.1, -0.05) is 6.42 Å². The minimum absolute atomic E-state index is 0.155. The molecule has 3 rings (SSSR count). The third-order valence-electron chi connectivity index (χ3n) is 4.28. The summed E-state index contributed by atoms with van der Waals surface area (Å²) in [5, 5.41) is 0.761. The van der Waals surface area contributed by atoms with E-state index in [9.17, 15) is 8.42 Å². The fourth-order valence-electron chi connectivity index (χ4n) is 3.52. The van der Waals surface area contributed by atoms with Gasteiger partial charge >= 0.3 is 0 Å². The largest absolute Gasteiger partial charge is 0.382 e. The highest BCUT2D eigenvalue weighted by molar-refractivity contribution is 7.91. The number of hydrogen-bond acceptors (Lipinski definition) is 6. The number of fused-ring (bicyclic) bond motifs is 1. The van der Waals surface area contributed by atoms with Crippen LogP contribution >= 0.6 is 11.5 Å². The standard InChI is InChI=1S/C12H19N3O2S2/c1-19(16,17)10-11(13)14-18-12(10)15-7-3-5-8-4-2-6-9(8)15/h8-9H,2-7H2,1H3,(H2,13,14). The summed E-state index contributed by atoms with van der Waals surface area (Å²) in [6.45, 7) is 0.922. The molecule has 1 saturated heterocycles. The number of nitrogens with two attached hydrogens (primary N) is 1. The highest BCUT2D eigenvalue weighted by Gasteiger charge is 2.38. The molecule has 1 saturated carbocycles. The molecule has 0 amide bonds. The van der Waals surface area contributed by atoms with Gasteiger partial charge < -0.3 is 10.6 Å². The van der Waals surface area contributed by atoms with Crippen LogP contribution < -0.4 is 10.6 Å². The maximum absolute atomic E-state index is 11.9. The Morgan fingerprint density at radius 1 is 1.32 bits per heavy atom. The average molecular weight is 301 g/mol. The third-order valence-corrected chi connectivity index (χ3v) is 6.46. The first-order valence-corrected chi connectivity index (χ1v) is 9.37. The number of aromatic nitrogens is 1. The molecule has 1 aliphatic heterocycles. The van der Waals surface area contributed by atoms with E-state index in [4.69, 9.17) is 5.73 Å². The number of nitrogen functional groups attached to an aromatic ring is 1. The Balaban J connectivity index is 2.02. The first-order chi connectivity index (χ1) is 8.98. The van der Waals surface area contributed by atoms with Crippen molar-refractivity contribution in [3.63, 3.8) is 0 Å². The van der Waals surface area contributed by atoms with Gasteiger partial charge in [0.25, 0.3) is 0 Å². The Morgan fingerprint density at radius 3 is 2.79 bits per heavy atom.